The van der Waals surface area contributed by atoms with Crippen molar-refractivity contribution in [3.8, 4) is 0 Å². The van der Waals surface area contributed by atoms with Gasteiger partial charge >= 0.3 is 0 Å². The Hall–Kier alpha value is -1.34. The van der Waals surface area contributed by atoms with Gasteiger partial charge in [-0.15, -0.1) is 0 Å². The molecule has 2 N–H and O–H groups in total. The highest BCUT2D eigenvalue weighted by Gasteiger charge is 2.62. The monoisotopic (exact) mass is 504 g/mol. The van der Waals surface area contributed by atoms with Gasteiger partial charge in [0.2, 0.25) is 0 Å². The Morgan fingerprint density at radius 3 is 2.53 bits per heavy atom. The van der Waals surface area contributed by atoms with Crippen LogP contribution in [-0.4, -0.2) is 53.5 Å². The van der Waals surface area contributed by atoms with Crippen molar-refractivity contribution in [2.75, 3.05) is 13.2 Å². The molecule has 0 aromatic carbocycles. The quantitative estimate of drug-likeness (QED) is 0.451. The van der Waals surface area contributed by atoms with E-state index in [1.165, 1.54) is 5.57 Å². The number of allylic oxidation sites excluding steroid dienone is 4. The molecule has 4 rings (SSSR count). The summed E-state index contributed by atoms with van der Waals surface area (Å²) in [6.45, 7) is 13.0. The summed E-state index contributed by atoms with van der Waals surface area (Å²) in [4.78, 5) is 24.8. The molecule has 6 nitrogen and oxygen atoms in total. The number of ketones is 2. The number of rotatable bonds is 8. The maximum Gasteiger partial charge on any atom is 0.178 e. The van der Waals surface area contributed by atoms with Crippen LogP contribution >= 0.6 is 0 Å². The van der Waals surface area contributed by atoms with Gasteiger partial charge in [-0.1, -0.05) is 38.8 Å². The topological polar surface area (TPSA) is 93.1 Å². The summed E-state index contributed by atoms with van der Waals surface area (Å²) < 4.78 is 10.4. The maximum absolute atomic E-state index is 12.9. The molecule has 4 aliphatic rings. The zero-order chi connectivity index (χ0) is 26.7. The Morgan fingerprint density at radius 1 is 1.17 bits per heavy atom. The van der Waals surface area contributed by atoms with E-state index in [0.717, 1.165) is 38.5 Å². The van der Waals surface area contributed by atoms with E-state index in [9.17, 15) is 14.7 Å². The van der Waals surface area contributed by atoms with Gasteiger partial charge in [-0.05, 0) is 88.7 Å². The predicted octanol–water partition coefficient (Wildman–Crippen LogP) is 5.02. The van der Waals surface area contributed by atoms with E-state index in [-0.39, 0.29) is 46.9 Å². The average molecular weight is 505 g/mol. The minimum atomic E-state index is -0.537. The van der Waals surface area contributed by atoms with E-state index < -0.39 is 12.4 Å². The van der Waals surface area contributed by atoms with E-state index in [2.05, 4.69) is 13.8 Å². The lowest BCUT2D eigenvalue weighted by Gasteiger charge is -2.58. The fourth-order valence-electron chi connectivity index (χ4n) is 7.73. The highest BCUT2D eigenvalue weighted by molar-refractivity contribution is 6.01. The molecule has 6 heteroatoms. The number of ether oxygens (including phenoxy) is 2. The van der Waals surface area contributed by atoms with Crippen LogP contribution in [0.15, 0.2) is 23.8 Å². The molecular weight excluding hydrogens is 456 g/mol. The van der Waals surface area contributed by atoms with Crippen LogP contribution in [0.5, 0.6) is 0 Å². The fourth-order valence-corrected chi connectivity index (χ4v) is 7.73. The Kier molecular flexibility index (Phi) is 9.75. The summed E-state index contributed by atoms with van der Waals surface area (Å²) in [5.41, 5.74) is 0.796. The number of carbonyl (C=O) groups excluding carboxylic acids is 2. The third kappa shape index (κ3) is 5.87. The Morgan fingerprint density at radius 2 is 1.89 bits per heavy atom. The zero-order valence-electron chi connectivity index (χ0n) is 23.2. The highest BCUT2D eigenvalue weighted by Crippen LogP contribution is 2.66. The molecule has 0 spiro atoms. The van der Waals surface area contributed by atoms with Gasteiger partial charge in [0.25, 0.3) is 0 Å². The van der Waals surface area contributed by atoms with Gasteiger partial charge in [0.15, 0.2) is 17.9 Å². The Balaban J connectivity index is 0.000000392. The second-order valence-corrected chi connectivity index (χ2v) is 12.0. The average Bonchev–Trinajstić information content (AvgIpc) is 3.15. The number of carbonyl (C=O) groups is 2. The molecule has 0 bridgehead atoms. The first-order chi connectivity index (χ1) is 17.0. The van der Waals surface area contributed by atoms with E-state index in [4.69, 9.17) is 14.6 Å². The first kappa shape index (κ1) is 29.2. The van der Waals surface area contributed by atoms with Crippen LogP contribution < -0.4 is 0 Å². The first-order valence-corrected chi connectivity index (χ1v) is 14.0. The maximum atomic E-state index is 12.9. The minimum absolute atomic E-state index is 0.0138. The number of hydrogen-bond acceptors (Lipinski definition) is 6. The molecule has 0 aromatic heterocycles. The number of hydrogen-bond donors (Lipinski definition) is 2. The SMILES string of the molecule is CC(C)OCC(=O)C1CCC2C3CCC4=CC(=O)C=CC4(C)C3C(O)CC12C.CCCC(O)OCC. The van der Waals surface area contributed by atoms with Crippen LogP contribution in [0.25, 0.3) is 0 Å². The molecule has 3 saturated carbocycles. The van der Waals surface area contributed by atoms with Crippen LogP contribution in [0.4, 0.5) is 0 Å². The molecule has 0 aromatic rings. The fraction of sp³-hybridized carbons (Fsp3) is 0.800. The van der Waals surface area contributed by atoms with Crippen molar-refractivity contribution in [2.45, 2.75) is 105 Å². The molecule has 0 saturated heterocycles. The summed E-state index contributed by atoms with van der Waals surface area (Å²) in [7, 11) is 0. The van der Waals surface area contributed by atoms with E-state index >= 15 is 0 Å². The smallest absolute Gasteiger partial charge is 0.178 e. The van der Waals surface area contributed by atoms with Gasteiger partial charge in [-0.2, -0.15) is 0 Å². The molecule has 4 aliphatic carbocycles. The van der Waals surface area contributed by atoms with Crippen molar-refractivity contribution in [1.82, 2.24) is 0 Å². The van der Waals surface area contributed by atoms with Crippen molar-refractivity contribution < 1.29 is 29.3 Å². The van der Waals surface area contributed by atoms with Gasteiger partial charge in [-0.3, -0.25) is 9.59 Å². The lowest BCUT2D eigenvalue weighted by atomic mass is 9.46. The second kappa shape index (κ2) is 12.0. The van der Waals surface area contributed by atoms with Crippen LogP contribution in [0.2, 0.25) is 0 Å². The first-order valence-electron chi connectivity index (χ1n) is 14.0. The molecule has 0 amide bonds. The summed E-state index contributed by atoms with van der Waals surface area (Å²) >= 11 is 0. The van der Waals surface area contributed by atoms with Crippen molar-refractivity contribution >= 4 is 11.6 Å². The molecular formula is C30H48O6. The molecule has 0 aliphatic heterocycles. The lowest BCUT2D eigenvalue weighted by molar-refractivity contribution is -0.143. The van der Waals surface area contributed by atoms with Gasteiger partial charge in [0.1, 0.15) is 6.61 Å². The van der Waals surface area contributed by atoms with Gasteiger partial charge in [-0.25, -0.2) is 0 Å². The Labute approximate surface area is 217 Å². The summed E-state index contributed by atoms with van der Waals surface area (Å²) in [6, 6.07) is 0. The molecule has 8 atom stereocenters. The van der Waals surface area contributed by atoms with Crippen molar-refractivity contribution in [1.29, 1.82) is 0 Å². The van der Waals surface area contributed by atoms with Crippen molar-refractivity contribution in [3.05, 3.63) is 23.8 Å². The summed E-state index contributed by atoms with van der Waals surface area (Å²) in [5, 5.41) is 20.1. The van der Waals surface area contributed by atoms with E-state index in [1.807, 2.05) is 33.8 Å². The normalized spacial score (nSPS) is 37.9. The van der Waals surface area contributed by atoms with E-state index in [1.54, 1.807) is 12.2 Å². The van der Waals surface area contributed by atoms with Crippen molar-refractivity contribution in [2.24, 2.45) is 34.5 Å². The van der Waals surface area contributed by atoms with Crippen LogP contribution in [0.3, 0.4) is 0 Å². The van der Waals surface area contributed by atoms with Crippen LogP contribution in [0, 0.1) is 34.5 Å². The van der Waals surface area contributed by atoms with Crippen LogP contribution in [0.1, 0.15) is 86.5 Å². The number of fused-ring (bicyclic) bond motifs is 5. The van der Waals surface area contributed by atoms with Gasteiger partial charge < -0.3 is 19.7 Å². The van der Waals surface area contributed by atoms with Gasteiger partial charge in [0.05, 0.1) is 12.2 Å². The third-order valence-corrected chi connectivity index (χ3v) is 9.33. The van der Waals surface area contributed by atoms with Crippen molar-refractivity contribution in [3.63, 3.8) is 0 Å². The van der Waals surface area contributed by atoms with E-state index in [0.29, 0.717) is 24.9 Å². The predicted molar refractivity (Wildman–Crippen MR) is 140 cm³/mol. The molecule has 0 radical (unpaired) electrons. The summed E-state index contributed by atoms with van der Waals surface area (Å²) in [5.74, 6) is 1.25. The second-order valence-electron chi connectivity index (χ2n) is 12.0. The number of aliphatic hydroxyl groups excluding tert-OH is 2. The molecule has 3 fully saturated rings. The Bertz CT molecular complexity index is 840. The standard InChI is InChI=1S/C24H34O4.C6H14O2/c1-14(2)28-13-21(27)19-8-7-18-17-6-5-15-11-16(25)9-10-23(15,3)22(17)20(26)12-24(18,19)4;1-3-5-6(7)8-4-2/h9-11,14,17-20,22,26H,5-8,12-13H2,1-4H3;6-7H,3-5H2,1-2H3. The highest BCUT2D eigenvalue weighted by atomic mass is 16.6. The van der Waals surface area contributed by atoms with Gasteiger partial charge in [0, 0.05) is 23.9 Å². The molecule has 204 valence electrons. The largest absolute Gasteiger partial charge is 0.393 e. The molecule has 36 heavy (non-hydrogen) atoms. The lowest BCUT2D eigenvalue weighted by Crippen LogP contribution is -2.56. The molecule has 8 unspecified atom stereocenters. The molecule has 0 heterocycles. The number of Topliss-reactive ketones (excluding diaryl/α,β-unsaturated/α-hetero) is 1. The number of aliphatic hydroxyl groups is 2. The van der Waals surface area contributed by atoms with Crippen LogP contribution in [-0.2, 0) is 19.1 Å². The third-order valence-electron chi connectivity index (χ3n) is 9.33. The summed E-state index contributed by atoms with van der Waals surface area (Å²) in [6.07, 6.45) is 10.9. The zero-order valence-corrected chi connectivity index (χ0v) is 23.2. The minimum Gasteiger partial charge on any atom is -0.393 e.